The Hall–Kier alpha value is -3.15. The lowest BCUT2D eigenvalue weighted by molar-refractivity contribution is -0.147. The molecule has 0 atom stereocenters. The minimum Gasteiger partial charge on any atom is -0.456 e. The molecule has 0 radical (unpaired) electrons. The van der Waals surface area contributed by atoms with Gasteiger partial charge in [0.15, 0.2) is 6.61 Å². The molecule has 2 aromatic carbocycles. The lowest BCUT2D eigenvalue weighted by Crippen LogP contribution is -2.21. The van der Waals surface area contributed by atoms with Crippen LogP contribution in [-0.4, -0.2) is 24.4 Å². The number of esters is 1. The second-order valence-corrected chi connectivity index (χ2v) is 5.94. The molecule has 0 fully saturated rings. The van der Waals surface area contributed by atoms with Gasteiger partial charge in [0.2, 0.25) is 5.91 Å². The predicted octanol–water partition coefficient (Wildman–Crippen LogP) is 3.20. The third-order valence-electron chi connectivity index (χ3n) is 3.67. The van der Waals surface area contributed by atoms with Crippen molar-refractivity contribution in [3.8, 4) is 0 Å². The molecule has 0 heterocycles. The molecule has 0 aliphatic carbocycles. The molecule has 2 rings (SSSR count). The van der Waals surface area contributed by atoms with Crippen LogP contribution in [-0.2, 0) is 19.1 Å². The second-order valence-electron chi connectivity index (χ2n) is 5.94. The first-order valence-electron chi connectivity index (χ1n) is 8.31. The van der Waals surface area contributed by atoms with E-state index in [1.54, 1.807) is 18.2 Å². The van der Waals surface area contributed by atoms with E-state index in [9.17, 15) is 14.4 Å². The molecule has 0 aliphatic rings. The molecule has 0 bridgehead atoms. The summed E-state index contributed by atoms with van der Waals surface area (Å²) in [6, 6.07) is 14.7. The first-order valence-corrected chi connectivity index (χ1v) is 8.31. The molecule has 26 heavy (non-hydrogen) atoms. The van der Waals surface area contributed by atoms with Crippen LogP contribution in [0.15, 0.2) is 48.5 Å². The number of para-hydroxylation sites is 1. The number of amides is 2. The Labute approximate surface area is 152 Å². The molecule has 6 nitrogen and oxygen atoms in total. The van der Waals surface area contributed by atoms with Crippen molar-refractivity contribution in [1.82, 2.24) is 0 Å². The molecule has 2 amide bonds. The topological polar surface area (TPSA) is 84.5 Å². The molecule has 0 aromatic heterocycles. The summed E-state index contributed by atoms with van der Waals surface area (Å²) in [5.41, 5.74) is 3.37. The molecule has 0 saturated carbocycles. The summed E-state index contributed by atoms with van der Waals surface area (Å²) in [5, 5.41) is 5.37. The third kappa shape index (κ3) is 6.39. The van der Waals surface area contributed by atoms with Gasteiger partial charge in [-0.3, -0.25) is 14.4 Å². The Morgan fingerprint density at radius 1 is 0.846 bits per heavy atom. The van der Waals surface area contributed by atoms with Crippen molar-refractivity contribution < 1.29 is 19.1 Å². The van der Waals surface area contributed by atoms with Crippen molar-refractivity contribution in [2.75, 3.05) is 17.2 Å². The van der Waals surface area contributed by atoms with Crippen LogP contribution in [0, 0.1) is 13.8 Å². The Morgan fingerprint density at radius 2 is 1.54 bits per heavy atom. The number of carbonyl (C=O) groups excluding carboxylic acids is 3. The van der Waals surface area contributed by atoms with Gasteiger partial charge in [-0.05, 0) is 37.6 Å². The highest BCUT2D eigenvalue weighted by Crippen LogP contribution is 2.13. The lowest BCUT2D eigenvalue weighted by Gasteiger charge is -2.08. The summed E-state index contributed by atoms with van der Waals surface area (Å²) >= 11 is 0. The number of nitrogens with one attached hydrogen (secondary N) is 2. The van der Waals surface area contributed by atoms with Crippen LogP contribution in [0.25, 0.3) is 0 Å². The van der Waals surface area contributed by atoms with Gasteiger partial charge in [0.25, 0.3) is 5.91 Å². The van der Waals surface area contributed by atoms with Gasteiger partial charge < -0.3 is 15.4 Å². The van der Waals surface area contributed by atoms with E-state index in [1.165, 1.54) is 0 Å². The molecule has 0 unspecified atom stereocenters. The number of rotatable bonds is 7. The van der Waals surface area contributed by atoms with Crippen LogP contribution in [0.5, 0.6) is 0 Å². The van der Waals surface area contributed by atoms with E-state index in [1.807, 2.05) is 44.2 Å². The molecule has 136 valence electrons. The molecular formula is C20H22N2O4. The van der Waals surface area contributed by atoms with Gasteiger partial charge in [-0.25, -0.2) is 0 Å². The number of carbonyl (C=O) groups is 3. The molecule has 0 aliphatic heterocycles. The maximum Gasteiger partial charge on any atom is 0.306 e. The summed E-state index contributed by atoms with van der Waals surface area (Å²) in [6.07, 6.45) is -0.0950. The van der Waals surface area contributed by atoms with Crippen LogP contribution in [0.2, 0.25) is 0 Å². The number of aryl methyl sites for hydroxylation is 2. The maximum absolute atomic E-state index is 11.9. The molecule has 6 heteroatoms. The minimum absolute atomic E-state index is 0.00719. The Morgan fingerprint density at radius 3 is 2.23 bits per heavy atom. The summed E-state index contributed by atoms with van der Waals surface area (Å²) in [4.78, 5) is 35.3. The van der Waals surface area contributed by atoms with Gasteiger partial charge in [-0.15, -0.1) is 0 Å². The monoisotopic (exact) mass is 354 g/mol. The SMILES string of the molecule is Cc1ccc(NC(=O)COC(=O)CCC(=O)Nc2ccccc2C)cc1. The van der Waals surface area contributed by atoms with Crippen LogP contribution in [0.3, 0.4) is 0 Å². The third-order valence-corrected chi connectivity index (χ3v) is 3.67. The summed E-state index contributed by atoms with van der Waals surface area (Å²) in [5.74, 6) is -1.30. The standard InChI is InChI=1S/C20H22N2O4/c1-14-7-9-16(10-8-14)21-19(24)13-26-20(25)12-11-18(23)22-17-6-4-3-5-15(17)2/h3-10H,11-13H2,1-2H3,(H,21,24)(H,22,23). The second kappa shape index (κ2) is 9.36. The van der Waals surface area contributed by atoms with E-state index in [0.717, 1.165) is 11.1 Å². The largest absolute Gasteiger partial charge is 0.456 e. The number of hydrogen-bond acceptors (Lipinski definition) is 4. The van der Waals surface area contributed by atoms with E-state index in [2.05, 4.69) is 10.6 Å². The van der Waals surface area contributed by atoms with Crippen LogP contribution in [0.4, 0.5) is 11.4 Å². The van der Waals surface area contributed by atoms with Gasteiger partial charge >= 0.3 is 5.97 Å². The average molecular weight is 354 g/mol. The summed E-state index contributed by atoms with van der Waals surface area (Å²) in [7, 11) is 0. The van der Waals surface area contributed by atoms with E-state index < -0.39 is 11.9 Å². The number of ether oxygens (including phenoxy) is 1. The van der Waals surface area contributed by atoms with Crippen molar-refractivity contribution in [3.63, 3.8) is 0 Å². The number of hydrogen-bond donors (Lipinski definition) is 2. The highest BCUT2D eigenvalue weighted by molar-refractivity contribution is 5.94. The lowest BCUT2D eigenvalue weighted by atomic mass is 10.2. The zero-order valence-electron chi connectivity index (χ0n) is 14.9. The van der Waals surface area contributed by atoms with Crippen LogP contribution < -0.4 is 10.6 Å². The molecule has 0 saturated heterocycles. The average Bonchev–Trinajstić information content (AvgIpc) is 2.62. The zero-order valence-corrected chi connectivity index (χ0v) is 14.9. The highest BCUT2D eigenvalue weighted by Gasteiger charge is 2.11. The zero-order chi connectivity index (χ0) is 18.9. The number of benzene rings is 2. The summed E-state index contributed by atoms with van der Waals surface area (Å²) < 4.78 is 4.89. The predicted molar refractivity (Wildman–Crippen MR) is 99.8 cm³/mol. The maximum atomic E-state index is 11.9. The van der Waals surface area contributed by atoms with Crippen molar-refractivity contribution in [3.05, 3.63) is 59.7 Å². The van der Waals surface area contributed by atoms with Gasteiger partial charge in [0.1, 0.15) is 0 Å². The first-order chi connectivity index (χ1) is 12.4. The normalized spacial score (nSPS) is 10.1. The van der Waals surface area contributed by atoms with Crippen molar-refractivity contribution >= 4 is 29.2 Å². The molecule has 2 N–H and O–H groups in total. The Kier molecular flexibility index (Phi) is 6.91. The van der Waals surface area contributed by atoms with E-state index in [-0.39, 0.29) is 25.4 Å². The fourth-order valence-corrected chi connectivity index (χ4v) is 2.19. The number of anilines is 2. The van der Waals surface area contributed by atoms with Crippen molar-refractivity contribution in [2.45, 2.75) is 26.7 Å². The molecular weight excluding hydrogens is 332 g/mol. The van der Waals surface area contributed by atoms with Gasteiger partial charge in [0, 0.05) is 17.8 Å². The van der Waals surface area contributed by atoms with Crippen LogP contribution in [0.1, 0.15) is 24.0 Å². The highest BCUT2D eigenvalue weighted by atomic mass is 16.5. The van der Waals surface area contributed by atoms with Crippen molar-refractivity contribution in [1.29, 1.82) is 0 Å². The minimum atomic E-state index is -0.594. The van der Waals surface area contributed by atoms with E-state index >= 15 is 0 Å². The first kappa shape index (κ1) is 19.2. The summed E-state index contributed by atoms with van der Waals surface area (Å²) in [6.45, 7) is 3.45. The van der Waals surface area contributed by atoms with Crippen molar-refractivity contribution in [2.24, 2.45) is 0 Å². The van der Waals surface area contributed by atoms with Gasteiger partial charge in [0.05, 0.1) is 6.42 Å². The fraction of sp³-hybridized carbons (Fsp3) is 0.250. The van der Waals surface area contributed by atoms with Gasteiger partial charge in [-0.1, -0.05) is 35.9 Å². The Balaban J connectivity index is 1.68. The van der Waals surface area contributed by atoms with Crippen LogP contribution >= 0.6 is 0 Å². The molecule has 2 aromatic rings. The van der Waals surface area contributed by atoms with Gasteiger partial charge in [-0.2, -0.15) is 0 Å². The smallest absolute Gasteiger partial charge is 0.306 e. The van der Waals surface area contributed by atoms with E-state index in [0.29, 0.717) is 11.4 Å². The quantitative estimate of drug-likeness (QED) is 0.748. The van der Waals surface area contributed by atoms with E-state index in [4.69, 9.17) is 4.74 Å². The fourth-order valence-electron chi connectivity index (χ4n) is 2.19. The molecule has 0 spiro atoms. The Bertz CT molecular complexity index is 785.